The maximum atomic E-state index is 11.9. The summed E-state index contributed by atoms with van der Waals surface area (Å²) in [6.45, 7) is 2.36. The van der Waals surface area contributed by atoms with Crippen LogP contribution >= 0.6 is 0 Å². The minimum absolute atomic E-state index is 0.0783. The van der Waals surface area contributed by atoms with E-state index in [0.29, 0.717) is 30.1 Å². The van der Waals surface area contributed by atoms with E-state index in [1.54, 1.807) is 30.6 Å². The number of carbonyl (C=O) groups is 1. The number of carbonyl (C=O) groups excluding carboxylic acids is 1. The molecule has 3 rings (SSSR count). The maximum absolute atomic E-state index is 11.9. The molecule has 1 unspecified atom stereocenters. The van der Waals surface area contributed by atoms with Crippen LogP contribution in [-0.2, 0) is 6.61 Å². The molecule has 1 aromatic carbocycles. The molecule has 0 radical (unpaired) electrons. The summed E-state index contributed by atoms with van der Waals surface area (Å²) in [6.07, 6.45) is 3.82. The molecule has 4 nitrogen and oxygen atoms in total. The number of hydrogen-bond donors (Lipinski definition) is 0. The Balaban J connectivity index is 1.75. The molecule has 0 aliphatic carbocycles. The molecule has 20 heavy (non-hydrogen) atoms. The minimum atomic E-state index is -0.0783. The van der Waals surface area contributed by atoms with Gasteiger partial charge in [0, 0.05) is 24.9 Å². The largest absolute Gasteiger partial charge is 0.489 e. The number of ether oxygens (including phenoxy) is 2. The van der Waals surface area contributed by atoms with Crippen molar-refractivity contribution in [3.8, 4) is 11.5 Å². The first-order chi connectivity index (χ1) is 9.72. The lowest BCUT2D eigenvalue weighted by molar-refractivity contribution is 0.0870. The van der Waals surface area contributed by atoms with Crippen molar-refractivity contribution >= 4 is 5.78 Å². The molecule has 0 saturated carbocycles. The maximum Gasteiger partial charge on any atom is 0.170 e. The molecule has 2 heterocycles. The van der Waals surface area contributed by atoms with E-state index >= 15 is 0 Å². The first kappa shape index (κ1) is 12.7. The van der Waals surface area contributed by atoms with Crippen molar-refractivity contribution in [3.63, 3.8) is 0 Å². The zero-order valence-electron chi connectivity index (χ0n) is 11.2. The van der Waals surface area contributed by atoms with Crippen molar-refractivity contribution in [1.82, 2.24) is 4.98 Å². The van der Waals surface area contributed by atoms with Crippen molar-refractivity contribution < 1.29 is 14.3 Å². The number of ketones is 1. The monoisotopic (exact) mass is 269 g/mol. The van der Waals surface area contributed by atoms with Gasteiger partial charge in [-0.3, -0.25) is 9.78 Å². The first-order valence-electron chi connectivity index (χ1n) is 6.58. The Labute approximate surface area is 117 Å². The lowest BCUT2D eigenvalue weighted by Gasteiger charge is -2.22. The second kappa shape index (κ2) is 5.33. The second-order valence-corrected chi connectivity index (χ2v) is 4.86. The van der Waals surface area contributed by atoms with Gasteiger partial charge in [0.1, 0.15) is 24.2 Å². The van der Waals surface area contributed by atoms with Crippen LogP contribution in [-0.4, -0.2) is 16.9 Å². The van der Waals surface area contributed by atoms with Gasteiger partial charge in [0.15, 0.2) is 5.78 Å². The van der Waals surface area contributed by atoms with Gasteiger partial charge < -0.3 is 9.47 Å². The summed E-state index contributed by atoms with van der Waals surface area (Å²) in [7, 11) is 0. The molecule has 0 fully saturated rings. The molecule has 0 saturated heterocycles. The van der Waals surface area contributed by atoms with Gasteiger partial charge in [0.2, 0.25) is 0 Å². The van der Waals surface area contributed by atoms with Crippen LogP contribution in [0.25, 0.3) is 0 Å². The van der Waals surface area contributed by atoms with E-state index in [-0.39, 0.29) is 11.9 Å². The molecule has 1 aromatic heterocycles. The summed E-state index contributed by atoms with van der Waals surface area (Å²) < 4.78 is 11.4. The van der Waals surface area contributed by atoms with E-state index in [0.717, 1.165) is 5.56 Å². The topological polar surface area (TPSA) is 48.4 Å². The fraction of sp³-hybridized carbons (Fsp3) is 0.250. The van der Waals surface area contributed by atoms with Crippen LogP contribution < -0.4 is 9.47 Å². The quantitative estimate of drug-likeness (QED) is 0.859. The summed E-state index contributed by atoms with van der Waals surface area (Å²) in [4.78, 5) is 15.8. The van der Waals surface area contributed by atoms with Crippen molar-refractivity contribution in [2.75, 3.05) is 0 Å². The molecule has 102 valence electrons. The average Bonchev–Trinajstić information content (AvgIpc) is 2.45. The number of Topliss-reactive ketones (excluding diaryl/α,β-unsaturated/α-hetero) is 1. The number of aromatic nitrogens is 1. The van der Waals surface area contributed by atoms with Gasteiger partial charge >= 0.3 is 0 Å². The van der Waals surface area contributed by atoms with E-state index in [2.05, 4.69) is 4.98 Å². The zero-order chi connectivity index (χ0) is 13.9. The van der Waals surface area contributed by atoms with Crippen LogP contribution in [0.5, 0.6) is 11.5 Å². The van der Waals surface area contributed by atoms with Crippen LogP contribution in [0.4, 0.5) is 0 Å². The van der Waals surface area contributed by atoms with Crippen LogP contribution in [0.2, 0.25) is 0 Å². The standard InChI is InChI=1S/C16H15NO3/c1-11-8-15(18)14-3-2-13(9-16(14)20-11)19-10-12-4-6-17-7-5-12/h2-7,9,11H,8,10H2,1H3. The van der Waals surface area contributed by atoms with Gasteiger partial charge in [0.25, 0.3) is 0 Å². The Morgan fingerprint density at radius 2 is 2.10 bits per heavy atom. The lowest BCUT2D eigenvalue weighted by Crippen LogP contribution is -2.23. The van der Waals surface area contributed by atoms with Crippen LogP contribution in [0.1, 0.15) is 29.3 Å². The summed E-state index contributed by atoms with van der Waals surface area (Å²) in [5, 5.41) is 0. The van der Waals surface area contributed by atoms with Crippen LogP contribution in [0, 0.1) is 0 Å². The normalized spacial score (nSPS) is 17.2. The van der Waals surface area contributed by atoms with E-state index in [9.17, 15) is 4.79 Å². The number of benzene rings is 1. The second-order valence-electron chi connectivity index (χ2n) is 4.86. The van der Waals surface area contributed by atoms with Crippen LogP contribution in [0.3, 0.4) is 0 Å². The molecule has 0 bridgehead atoms. The van der Waals surface area contributed by atoms with Gasteiger partial charge in [0.05, 0.1) is 5.56 Å². The van der Waals surface area contributed by atoms with Gasteiger partial charge in [-0.25, -0.2) is 0 Å². The summed E-state index contributed by atoms with van der Waals surface area (Å²) in [5.41, 5.74) is 1.68. The highest BCUT2D eigenvalue weighted by Crippen LogP contribution is 2.31. The number of fused-ring (bicyclic) bond motifs is 1. The van der Waals surface area contributed by atoms with E-state index in [1.807, 2.05) is 19.1 Å². The fourth-order valence-electron chi connectivity index (χ4n) is 2.20. The molecule has 1 aliphatic rings. The summed E-state index contributed by atoms with van der Waals surface area (Å²) in [5.74, 6) is 1.43. The third kappa shape index (κ3) is 2.64. The highest BCUT2D eigenvalue weighted by molar-refractivity contribution is 6.00. The lowest BCUT2D eigenvalue weighted by atomic mass is 10.0. The number of pyridine rings is 1. The third-order valence-electron chi connectivity index (χ3n) is 3.21. The molecule has 4 heteroatoms. The Hall–Kier alpha value is -2.36. The first-order valence-corrected chi connectivity index (χ1v) is 6.58. The molecule has 1 aliphatic heterocycles. The molecule has 0 N–H and O–H groups in total. The van der Waals surface area contributed by atoms with E-state index < -0.39 is 0 Å². The summed E-state index contributed by atoms with van der Waals surface area (Å²) in [6, 6.07) is 9.16. The minimum Gasteiger partial charge on any atom is -0.489 e. The molecular formula is C16H15NO3. The highest BCUT2D eigenvalue weighted by Gasteiger charge is 2.23. The molecule has 2 aromatic rings. The van der Waals surface area contributed by atoms with Gasteiger partial charge in [-0.2, -0.15) is 0 Å². The molecule has 0 spiro atoms. The Morgan fingerprint density at radius 1 is 1.30 bits per heavy atom. The number of rotatable bonds is 3. The van der Waals surface area contributed by atoms with Gasteiger partial charge in [-0.1, -0.05) is 0 Å². The van der Waals surface area contributed by atoms with Crippen molar-refractivity contribution in [3.05, 3.63) is 53.9 Å². The van der Waals surface area contributed by atoms with Crippen molar-refractivity contribution in [2.45, 2.75) is 26.1 Å². The SMILES string of the molecule is CC1CC(=O)c2ccc(OCc3ccncc3)cc2O1. The third-order valence-corrected chi connectivity index (χ3v) is 3.21. The van der Waals surface area contributed by atoms with Gasteiger partial charge in [-0.05, 0) is 36.8 Å². The van der Waals surface area contributed by atoms with Gasteiger partial charge in [-0.15, -0.1) is 0 Å². The Kier molecular flexibility index (Phi) is 3.37. The number of hydrogen-bond acceptors (Lipinski definition) is 4. The predicted octanol–water partition coefficient (Wildman–Crippen LogP) is 3.01. The predicted molar refractivity (Wildman–Crippen MR) is 74.0 cm³/mol. The van der Waals surface area contributed by atoms with Crippen LogP contribution in [0.15, 0.2) is 42.7 Å². The smallest absolute Gasteiger partial charge is 0.170 e. The Morgan fingerprint density at radius 3 is 2.90 bits per heavy atom. The fourth-order valence-corrected chi connectivity index (χ4v) is 2.20. The molecule has 0 amide bonds. The number of nitrogens with zero attached hydrogens (tertiary/aromatic N) is 1. The van der Waals surface area contributed by atoms with Crippen molar-refractivity contribution in [1.29, 1.82) is 0 Å². The van der Waals surface area contributed by atoms with E-state index in [4.69, 9.17) is 9.47 Å². The zero-order valence-corrected chi connectivity index (χ0v) is 11.2. The van der Waals surface area contributed by atoms with Crippen molar-refractivity contribution in [2.24, 2.45) is 0 Å². The summed E-state index contributed by atoms with van der Waals surface area (Å²) >= 11 is 0. The average molecular weight is 269 g/mol. The molecular weight excluding hydrogens is 254 g/mol. The molecule has 1 atom stereocenters. The van der Waals surface area contributed by atoms with E-state index in [1.165, 1.54) is 0 Å². The Bertz CT molecular complexity index is 625. The highest BCUT2D eigenvalue weighted by atomic mass is 16.5.